The van der Waals surface area contributed by atoms with Gasteiger partial charge >= 0.3 is 5.97 Å². The van der Waals surface area contributed by atoms with E-state index in [9.17, 15) is 4.79 Å². The third kappa shape index (κ3) is 2.68. The maximum Gasteiger partial charge on any atom is 0.354 e. The lowest BCUT2D eigenvalue weighted by Crippen LogP contribution is -2.04. The normalized spacial score (nSPS) is 10.7. The topological polar surface area (TPSA) is 88.0 Å². The summed E-state index contributed by atoms with van der Waals surface area (Å²) >= 11 is 1.60. The zero-order valence-corrected chi connectivity index (χ0v) is 12.0. The molecule has 21 heavy (non-hydrogen) atoms. The number of carboxylic acids is 1. The standard InChI is InChI=1S/C14H12N4O2S/c1-8-6-21-12-11(8)17-7-18-13(12)16-5-9-2-3-10(14(19)20)15-4-9/h2-4,6-7H,5H2,1H3,(H,19,20)(H,16,17,18). The number of nitrogens with zero attached hydrogens (tertiary/aromatic N) is 3. The quantitative estimate of drug-likeness (QED) is 0.770. The first-order chi connectivity index (χ1) is 10.1. The van der Waals surface area contributed by atoms with E-state index >= 15 is 0 Å². The minimum absolute atomic E-state index is 0.0389. The second kappa shape index (κ2) is 5.45. The van der Waals surface area contributed by atoms with E-state index in [-0.39, 0.29) is 5.69 Å². The van der Waals surface area contributed by atoms with E-state index in [1.54, 1.807) is 23.6 Å². The van der Waals surface area contributed by atoms with Crippen molar-refractivity contribution in [2.45, 2.75) is 13.5 Å². The van der Waals surface area contributed by atoms with Gasteiger partial charge in [-0.15, -0.1) is 11.3 Å². The molecule has 0 spiro atoms. The summed E-state index contributed by atoms with van der Waals surface area (Å²) < 4.78 is 1.02. The van der Waals surface area contributed by atoms with Crippen LogP contribution in [0.1, 0.15) is 21.6 Å². The van der Waals surface area contributed by atoms with Crippen molar-refractivity contribution in [2.24, 2.45) is 0 Å². The molecule has 0 aromatic carbocycles. The Balaban J connectivity index is 1.78. The van der Waals surface area contributed by atoms with Gasteiger partial charge in [-0.1, -0.05) is 6.07 Å². The van der Waals surface area contributed by atoms with Crippen molar-refractivity contribution < 1.29 is 9.90 Å². The molecule has 3 aromatic rings. The molecule has 3 heterocycles. The molecule has 0 atom stereocenters. The van der Waals surface area contributed by atoms with Crippen LogP contribution in [0.5, 0.6) is 0 Å². The van der Waals surface area contributed by atoms with Crippen LogP contribution in [0, 0.1) is 6.92 Å². The highest BCUT2D eigenvalue weighted by atomic mass is 32.1. The number of rotatable bonds is 4. The van der Waals surface area contributed by atoms with Crippen molar-refractivity contribution in [1.82, 2.24) is 15.0 Å². The maximum absolute atomic E-state index is 10.7. The molecule has 0 unspecified atom stereocenters. The third-order valence-electron chi connectivity index (χ3n) is 3.03. The van der Waals surface area contributed by atoms with Gasteiger partial charge in [-0.25, -0.2) is 19.7 Å². The van der Waals surface area contributed by atoms with E-state index in [0.29, 0.717) is 6.54 Å². The molecule has 0 aliphatic heterocycles. The Bertz CT molecular complexity index is 798. The molecule has 0 saturated heterocycles. The molecule has 0 aliphatic rings. The van der Waals surface area contributed by atoms with Crippen LogP contribution in [-0.2, 0) is 6.54 Å². The van der Waals surface area contributed by atoms with Crippen LogP contribution in [-0.4, -0.2) is 26.0 Å². The first-order valence-electron chi connectivity index (χ1n) is 6.26. The van der Waals surface area contributed by atoms with Crippen molar-refractivity contribution in [3.63, 3.8) is 0 Å². The van der Waals surface area contributed by atoms with E-state index in [4.69, 9.17) is 5.11 Å². The molecule has 3 rings (SSSR count). The fraction of sp³-hybridized carbons (Fsp3) is 0.143. The van der Waals surface area contributed by atoms with Crippen molar-refractivity contribution in [3.8, 4) is 0 Å². The van der Waals surface area contributed by atoms with E-state index in [2.05, 4.69) is 20.3 Å². The van der Waals surface area contributed by atoms with Gasteiger partial charge in [0.15, 0.2) is 0 Å². The van der Waals surface area contributed by atoms with Gasteiger partial charge in [-0.05, 0) is 29.5 Å². The number of hydrogen-bond acceptors (Lipinski definition) is 6. The number of hydrogen-bond donors (Lipinski definition) is 2. The number of anilines is 1. The molecule has 0 bridgehead atoms. The minimum Gasteiger partial charge on any atom is -0.477 e. The molecular formula is C14H12N4O2S. The fourth-order valence-corrected chi connectivity index (χ4v) is 2.90. The number of pyridine rings is 1. The largest absolute Gasteiger partial charge is 0.477 e. The van der Waals surface area contributed by atoms with E-state index in [1.807, 2.05) is 12.3 Å². The van der Waals surface area contributed by atoms with Gasteiger partial charge in [0.2, 0.25) is 0 Å². The summed E-state index contributed by atoms with van der Waals surface area (Å²) in [6.45, 7) is 2.54. The first kappa shape index (κ1) is 13.4. The van der Waals surface area contributed by atoms with Crippen molar-refractivity contribution in [3.05, 3.63) is 46.9 Å². The summed E-state index contributed by atoms with van der Waals surface area (Å²) in [6, 6.07) is 3.23. The Morgan fingerprint density at radius 3 is 2.90 bits per heavy atom. The molecule has 3 aromatic heterocycles. The summed E-state index contributed by atoms with van der Waals surface area (Å²) in [4.78, 5) is 23.2. The zero-order chi connectivity index (χ0) is 14.8. The number of aromatic nitrogens is 3. The van der Waals surface area contributed by atoms with Crippen LogP contribution < -0.4 is 5.32 Å². The Morgan fingerprint density at radius 1 is 1.33 bits per heavy atom. The first-order valence-corrected chi connectivity index (χ1v) is 7.14. The Morgan fingerprint density at radius 2 is 2.19 bits per heavy atom. The molecule has 2 N–H and O–H groups in total. The number of nitrogens with one attached hydrogen (secondary N) is 1. The summed E-state index contributed by atoms with van der Waals surface area (Å²) in [6.07, 6.45) is 3.09. The van der Waals surface area contributed by atoms with Gasteiger partial charge in [0.1, 0.15) is 17.8 Å². The van der Waals surface area contributed by atoms with Crippen molar-refractivity contribution >= 4 is 33.3 Å². The van der Waals surface area contributed by atoms with Crippen LogP contribution in [0.15, 0.2) is 30.0 Å². The number of thiophene rings is 1. The monoisotopic (exact) mass is 300 g/mol. The molecule has 106 valence electrons. The SMILES string of the molecule is Cc1csc2c(NCc3ccc(C(=O)O)nc3)ncnc12. The van der Waals surface area contributed by atoms with Gasteiger partial charge in [0.25, 0.3) is 0 Å². The van der Waals surface area contributed by atoms with E-state index in [1.165, 1.54) is 12.4 Å². The zero-order valence-electron chi connectivity index (χ0n) is 11.2. The number of carboxylic acid groups (broad SMARTS) is 1. The van der Waals surface area contributed by atoms with Crippen LogP contribution in [0.2, 0.25) is 0 Å². The molecule has 0 saturated carbocycles. The van der Waals surface area contributed by atoms with Crippen LogP contribution in [0.25, 0.3) is 10.2 Å². The maximum atomic E-state index is 10.7. The lowest BCUT2D eigenvalue weighted by Gasteiger charge is -2.06. The highest BCUT2D eigenvalue weighted by Gasteiger charge is 2.08. The molecule has 0 radical (unpaired) electrons. The summed E-state index contributed by atoms with van der Waals surface area (Å²) in [5, 5.41) is 14.1. The molecule has 0 fully saturated rings. The van der Waals surface area contributed by atoms with E-state index < -0.39 is 5.97 Å². The average Bonchev–Trinajstić information content (AvgIpc) is 2.88. The lowest BCUT2D eigenvalue weighted by molar-refractivity contribution is 0.0690. The second-order valence-corrected chi connectivity index (χ2v) is 5.41. The highest BCUT2D eigenvalue weighted by molar-refractivity contribution is 7.18. The predicted molar refractivity (Wildman–Crippen MR) is 80.7 cm³/mol. The van der Waals surface area contributed by atoms with Crippen LogP contribution in [0.4, 0.5) is 5.82 Å². The Kier molecular flexibility index (Phi) is 3.49. The number of aromatic carboxylic acids is 1. The second-order valence-electron chi connectivity index (χ2n) is 4.53. The predicted octanol–water partition coefficient (Wildman–Crippen LogP) is 2.71. The third-order valence-corrected chi connectivity index (χ3v) is 4.13. The molecule has 0 aliphatic carbocycles. The minimum atomic E-state index is -1.03. The molecule has 7 heteroatoms. The number of fused-ring (bicyclic) bond motifs is 1. The van der Waals surface area contributed by atoms with Gasteiger partial charge in [0, 0.05) is 12.7 Å². The van der Waals surface area contributed by atoms with Crippen molar-refractivity contribution in [1.29, 1.82) is 0 Å². The summed E-state index contributed by atoms with van der Waals surface area (Å²) in [5.74, 6) is -0.249. The number of aryl methyl sites for hydroxylation is 1. The lowest BCUT2D eigenvalue weighted by atomic mass is 10.2. The van der Waals surface area contributed by atoms with Crippen LogP contribution in [0.3, 0.4) is 0 Å². The van der Waals surface area contributed by atoms with Gasteiger partial charge in [-0.2, -0.15) is 0 Å². The molecule has 0 amide bonds. The average molecular weight is 300 g/mol. The van der Waals surface area contributed by atoms with Gasteiger partial charge in [0.05, 0.1) is 10.2 Å². The number of carbonyl (C=O) groups is 1. The van der Waals surface area contributed by atoms with Gasteiger partial charge < -0.3 is 10.4 Å². The Hall–Kier alpha value is -2.54. The molecule has 6 nitrogen and oxygen atoms in total. The van der Waals surface area contributed by atoms with E-state index in [0.717, 1.165) is 27.2 Å². The fourth-order valence-electron chi connectivity index (χ4n) is 1.94. The summed E-state index contributed by atoms with van der Waals surface area (Å²) in [7, 11) is 0. The molecular weight excluding hydrogens is 288 g/mol. The summed E-state index contributed by atoms with van der Waals surface area (Å²) in [5.41, 5.74) is 3.02. The Labute approximate surface area is 124 Å². The van der Waals surface area contributed by atoms with Crippen LogP contribution >= 0.6 is 11.3 Å². The van der Waals surface area contributed by atoms with Crippen molar-refractivity contribution in [2.75, 3.05) is 5.32 Å². The smallest absolute Gasteiger partial charge is 0.354 e. The highest BCUT2D eigenvalue weighted by Crippen LogP contribution is 2.28. The van der Waals surface area contributed by atoms with Gasteiger partial charge in [-0.3, -0.25) is 0 Å².